The van der Waals surface area contributed by atoms with Gasteiger partial charge in [-0.3, -0.25) is 13.9 Å². The Kier molecular flexibility index (Phi) is 4.71. The lowest BCUT2D eigenvalue weighted by Gasteiger charge is -2.32. The molecule has 1 aliphatic heterocycles. The lowest BCUT2D eigenvalue weighted by Crippen LogP contribution is -2.40. The van der Waals surface area contributed by atoms with E-state index in [0.29, 0.717) is 18.8 Å². The van der Waals surface area contributed by atoms with Crippen molar-refractivity contribution in [3.8, 4) is 5.75 Å². The normalized spacial score (nSPS) is 13.6. The Morgan fingerprint density at radius 1 is 1.11 bits per heavy atom. The molecule has 1 aromatic heterocycles. The van der Waals surface area contributed by atoms with Crippen molar-refractivity contribution >= 4 is 22.6 Å². The van der Waals surface area contributed by atoms with Crippen LogP contribution in [-0.2, 0) is 24.3 Å². The molecule has 1 amide bonds. The van der Waals surface area contributed by atoms with Gasteiger partial charge >= 0.3 is 5.69 Å². The van der Waals surface area contributed by atoms with Gasteiger partial charge in [0.05, 0.1) is 23.8 Å². The Balaban J connectivity index is 1.76. The van der Waals surface area contributed by atoms with Crippen LogP contribution in [0.5, 0.6) is 5.75 Å². The van der Waals surface area contributed by atoms with E-state index in [0.717, 1.165) is 40.7 Å². The van der Waals surface area contributed by atoms with Gasteiger partial charge in [0.2, 0.25) is 5.91 Å². The number of nitrogens with zero attached hydrogens (tertiary/aromatic N) is 3. The summed E-state index contributed by atoms with van der Waals surface area (Å²) in [6.07, 6.45) is 1.83. The van der Waals surface area contributed by atoms with E-state index in [1.807, 2.05) is 43.3 Å². The van der Waals surface area contributed by atoms with Crippen molar-refractivity contribution in [2.24, 2.45) is 0 Å². The van der Waals surface area contributed by atoms with Gasteiger partial charge in [0, 0.05) is 13.1 Å². The van der Waals surface area contributed by atoms with Gasteiger partial charge < -0.3 is 9.64 Å². The Hall–Kier alpha value is -3.02. The van der Waals surface area contributed by atoms with Crippen LogP contribution < -0.4 is 15.3 Å². The largest absolute Gasteiger partial charge is 0.495 e. The minimum Gasteiger partial charge on any atom is -0.495 e. The summed E-state index contributed by atoms with van der Waals surface area (Å²) in [7, 11) is 1.63. The minimum atomic E-state index is -0.148. The van der Waals surface area contributed by atoms with Crippen molar-refractivity contribution in [3.05, 3.63) is 58.0 Å². The molecule has 0 spiro atoms. The van der Waals surface area contributed by atoms with E-state index < -0.39 is 0 Å². The molecule has 146 valence electrons. The highest BCUT2D eigenvalue weighted by Crippen LogP contribution is 2.38. The number of benzene rings is 2. The van der Waals surface area contributed by atoms with Gasteiger partial charge in [-0.1, -0.05) is 18.2 Å². The number of imidazole rings is 1. The van der Waals surface area contributed by atoms with E-state index >= 15 is 0 Å². The summed E-state index contributed by atoms with van der Waals surface area (Å²) < 4.78 is 8.83. The summed E-state index contributed by atoms with van der Waals surface area (Å²) in [5.74, 6) is 0.614. The highest BCUT2D eigenvalue weighted by molar-refractivity contribution is 5.97. The highest BCUT2D eigenvalue weighted by Gasteiger charge is 2.28. The van der Waals surface area contributed by atoms with Gasteiger partial charge in [-0.25, -0.2) is 4.79 Å². The summed E-state index contributed by atoms with van der Waals surface area (Å²) in [6.45, 7) is 5.22. The number of carbonyl (C=O) groups excluding carboxylic acids is 1. The Bertz CT molecular complexity index is 1110. The first-order chi connectivity index (χ1) is 13.6. The first-order valence-corrected chi connectivity index (χ1v) is 9.71. The van der Waals surface area contributed by atoms with Crippen molar-refractivity contribution < 1.29 is 9.53 Å². The SMILES string of the molecule is CCn1c(=O)n(CC(=O)N2CCCc3c(C)ccc(OC)c32)c2ccccc21. The molecule has 0 atom stereocenters. The van der Waals surface area contributed by atoms with Crippen LogP contribution >= 0.6 is 0 Å². The van der Waals surface area contributed by atoms with Gasteiger partial charge in [0.25, 0.3) is 0 Å². The zero-order valence-electron chi connectivity index (χ0n) is 16.6. The summed E-state index contributed by atoms with van der Waals surface area (Å²) in [5.41, 5.74) is 4.67. The molecule has 3 aromatic rings. The van der Waals surface area contributed by atoms with Crippen LogP contribution in [0.15, 0.2) is 41.2 Å². The molecular formula is C22H25N3O3. The molecule has 28 heavy (non-hydrogen) atoms. The van der Waals surface area contributed by atoms with Gasteiger partial charge in [0.1, 0.15) is 12.3 Å². The molecular weight excluding hydrogens is 354 g/mol. The number of aromatic nitrogens is 2. The monoisotopic (exact) mass is 379 g/mol. The lowest BCUT2D eigenvalue weighted by molar-refractivity contribution is -0.119. The number of hydrogen-bond donors (Lipinski definition) is 0. The lowest BCUT2D eigenvalue weighted by atomic mass is 9.96. The summed E-state index contributed by atoms with van der Waals surface area (Å²) in [5, 5.41) is 0. The topological polar surface area (TPSA) is 56.5 Å². The molecule has 0 radical (unpaired) electrons. The first kappa shape index (κ1) is 18.3. The smallest absolute Gasteiger partial charge is 0.329 e. The molecule has 2 heterocycles. The maximum atomic E-state index is 13.3. The molecule has 0 N–H and O–H groups in total. The third-order valence-electron chi connectivity index (χ3n) is 5.61. The summed E-state index contributed by atoms with van der Waals surface area (Å²) in [4.78, 5) is 28.0. The number of hydrogen-bond acceptors (Lipinski definition) is 3. The predicted octanol–water partition coefficient (Wildman–Crippen LogP) is 3.12. The molecule has 6 nitrogen and oxygen atoms in total. The van der Waals surface area contributed by atoms with Crippen molar-refractivity contribution in [3.63, 3.8) is 0 Å². The van der Waals surface area contributed by atoms with E-state index in [2.05, 4.69) is 6.92 Å². The molecule has 0 unspecified atom stereocenters. The first-order valence-electron chi connectivity index (χ1n) is 9.71. The average Bonchev–Trinajstić information content (AvgIpc) is 2.99. The molecule has 0 aliphatic carbocycles. The van der Waals surface area contributed by atoms with E-state index in [9.17, 15) is 9.59 Å². The number of carbonyl (C=O) groups is 1. The van der Waals surface area contributed by atoms with Crippen LogP contribution in [0.4, 0.5) is 5.69 Å². The molecule has 4 rings (SSSR count). The van der Waals surface area contributed by atoms with E-state index in [1.165, 1.54) is 0 Å². The van der Waals surface area contributed by atoms with Crippen LogP contribution in [0.1, 0.15) is 24.5 Å². The van der Waals surface area contributed by atoms with Crippen LogP contribution in [0.2, 0.25) is 0 Å². The summed E-state index contributed by atoms with van der Waals surface area (Å²) in [6, 6.07) is 11.6. The second-order valence-corrected chi connectivity index (χ2v) is 7.16. The zero-order chi connectivity index (χ0) is 19.8. The molecule has 0 saturated carbocycles. The fourth-order valence-electron chi connectivity index (χ4n) is 4.22. The average molecular weight is 379 g/mol. The number of anilines is 1. The summed E-state index contributed by atoms with van der Waals surface area (Å²) >= 11 is 0. The van der Waals surface area contributed by atoms with Crippen LogP contribution in [0.25, 0.3) is 11.0 Å². The van der Waals surface area contributed by atoms with Gasteiger partial charge in [0.15, 0.2) is 0 Å². The van der Waals surface area contributed by atoms with E-state index in [-0.39, 0.29) is 18.1 Å². The third-order valence-corrected chi connectivity index (χ3v) is 5.61. The second-order valence-electron chi connectivity index (χ2n) is 7.16. The zero-order valence-corrected chi connectivity index (χ0v) is 16.6. The van der Waals surface area contributed by atoms with Gasteiger partial charge in [-0.05, 0) is 56.0 Å². The number of amides is 1. The molecule has 6 heteroatoms. The fourth-order valence-corrected chi connectivity index (χ4v) is 4.22. The molecule has 0 fully saturated rings. The minimum absolute atomic E-state index is 0.0167. The van der Waals surface area contributed by atoms with Crippen molar-refractivity contribution in [1.29, 1.82) is 0 Å². The maximum absolute atomic E-state index is 13.3. The Morgan fingerprint density at radius 2 is 1.82 bits per heavy atom. The Labute approximate surface area is 163 Å². The number of fused-ring (bicyclic) bond motifs is 2. The maximum Gasteiger partial charge on any atom is 0.329 e. The van der Waals surface area contributed by atoms with Crippen molar-refractivity contribution in [2.45, 2.75) is 39.8 Å². The van der Waals surface area contributed by atoms with Crippen molar-refractivity contribution in [2.75, 3.05) is 18.6 Å². The fraction of sp³-hybridized carbons (Fsp3) is 0.364. The molecule has 1 aliphatic rings. The van der Waals surface area contributed by atoms with Crippen LogP contribution in [0.3, 0.4) is 0 Å². The number of para-hydroxylation sites is 2. The molecule has 2 aromatic carbocycles. The Morgan fingerprint density at radius 3 is 2.50 bits per heavy atom. The standard InChI is InChI=1S/C22H25N3O3/c1-4-23-17-9-5-6-10-18(17)25(22(23)27)14-20(26)24-13-7-8-16-15(2)11-12-19(28-3)21(16)24/h5-6,9-12H,4,7-8,13-14H2,1-3H3. The van der Waals surface area contributed by atoms with E-state index in [4.69, 9.17) is 4.74 Å². The van der Waals surface area contributed by atoms with Crippen molar-refractivity contribution in [1.82, 2.24) is 9.13 Å². The number of rotatable bonds is 4. The number of methoxy groups -OCH3 is 1. The molecule has 0 bridgehead atoms. The van der Waals surface area contributed by atoms with Gasteiger partial charge in [-0.15, -0.1) is 0 Å². The van der Waals surface area contributed by atoms with E-state index in [1.54, 1.807) is 21.1 Å². The van der Waals surface area contributed by atoms with Crippen LogP contribution in [0, 0.1) is 6.92 Å². The predicted molar refractivity (Wildman–Crippen MR) is 110 cm³/mol. The number of aryl methyl sites for hydroxylation is 2. The van der Waals surface area contributed by atoms with Crippen LogP contribution in [-0.4, -0.2) is 28.7 Å². The second kappa shape index (κ2) is 7.19. The quantitative estimate of drug-likeness (QED) is 0.700. The highest BCUT2D eigenvalue weighted by atomic mass is 16.5. The number of ether oxygens (including phenoxy) is 1. The van der Waals surface area contributed by atoms with Gasteiger partial charge in [-0.2, -0.15) is 0 Å². The third kappa shape index (κ3) is 2.80. The molecule has 0 saturated heterocycles.